The lowest BCUT2D eigenvalue weighted by Gasteiger charge is -2.22. The van der Waals surface area contributed by atoms with Crippen molar-refractivity contribution in [3.8, 4) is 11.1 Å². The zero-order valence-corrected chi connectivity index (χ0v) is 15.7. The number of amides is 2. The van der Waals surface area contributed by atoms with Crippen LogP contribution in [0.1, 0.15) is 5.56 Å². The van der Waals surface area contributed by atoms with Gasteiger partial charge in [-0.05, 0) is 47.5 Å². The highest BCUT2D eigenvalue weighted by molar-refractivity contribution is 6.01. The van der Waals surface area contributed by atoms with Crippen molar-refractivity contribution < 1.29 is 26.9 Å². The molecule has 6 nitrogen and oxygen atoms in total. The summed E-state index contributed by atoms with van der Waals surface area (Å²) in [6.07, 6.45) is -4.93. The highest BCUT2D eigenvalue weighted by Gasteiger charge is 2.35. The Morgan fingerprint density at radius 2 is 1.68 bits per heavy atom. The van der Waals surface area contributed by atoms with Crippen molar-refractivity contribution in [3.63, 3.8) is 0 Å². The molecule has 0 atom stereocenters. The molecule has 4 rings (SSSR count). The largest absolute Gasteiger partial charge is 0.419 e. The van der Waals surface area contributed by atoms with Gasteiger partial charge in [-0.3, -0.25) is 4.90 Å². The number of alkyl halides is 3. The van der Waals surface area contributed by atoms with Crippen LogP contribution in [0.5, 0.6) is 0 Å². The van der Waals surface area contributed by atoms with Crippen LogP contribution in [-0.2, 0) is 6.18 Å². The van der Waals surface area contributed by atoms with Gasteiger partial charge >= 0.3 is 12.2 Å². The number of nitrogens with zero attached hydrogens (tertiary/aromatic N) is 2. The summed E-state index contributed by atoms with van der Waals surface area (Å²) in [6.45, 7) is 0. The van der Waals surface area contributed by atoms with Crippen LogP contribution in [0.3, 0.4) is 0 Å². The summed E-state index contributed by atoms with van der Waals surface area (Å²) in [7, 11) is 0. The van der Waals surface area contributed by atoms with Crippen molar-refractivity contribution in [2.45, 2.75) is 6.18 Å². The molecule has 158 valence electrons. The van der Waals surface area contributed by atoms with Crippen LogP contribution in [-0.4, -0.2) is 11.2 Å². The summed E-state index contributed by atoms with van der Waals surface area (Å²) < 4.78 is 58.0. The minimum atomic E-state index is -4.93. The molecule has 4 aromatic rings. The Kier molecular flexibility index (Phi) is 4.77. The van der Waals surface area contributed by atoms with Gasteiger partial charge in [0.15, 0.2) is 11.4 Å². The number of rotatable bonds is 3. The zero-order chi connectivity index (χ0) is 22.3. The van der Waals surface area contributed by atoms with E-state index in [1.165, 1.54) is 12.1 Å². The van der Waals surface area contributed by atoms with Gasteiger partial charge < -0.3 is 16.0 Å². The lowest BCUT2D eigenvalue weighted by molar-refractivity contribution is -0.139. The van der Waals surface area contributed by atoms with E-state index in [0.717, 1.165) is 16.5 Å². The van der Waals surface area contributed by atoms with Gasteiger partial charge in [-0.15, -0.1) is 0 Å². The average molecular weight is 430 g/mol. The topological polar surface area (TPSA) is 98.4 Å². The molecule has 0 spiro atoms. The molecule has 0 bridgehead atoms. The highest BCUT2D eigenvalue weighted by atomic mass is 19.4. The lowest BCUT2D eigenvalue weighted by Crippen LogP contribution is -2.31. The SMILES string of the molecule is NC(=O)N(c1ccc(-c2cccc3onc(N)c23)cc1)c1ccc(F)c(C(F)(F)F)c1. The van der Waals surface area contributed by atoms with E-state index in [2.05, 4.69) is 5.16 Å². The number of benzene rings is 3. The normalized spacial score (nSPS) is 11.6. The maximum atomic E-state index is 13.6. The summed E-state index contributed by atoms with van der Waals surface area (Å²) in [5.41, 5.74) is 11.7. The van der Waals surface area contributed by atoms with E-state index in [0.29, 0.717) is 28.7 Å². The van der Waals surface area contributed by atoms with Gasteiger partial charge in [0.25, 0.3) is 0 Å². The number of nitrogen functional groups attached to an aromatic ring is 1. The van der Waals surface area contributed by atoms with Crippen LogP contribution in [0.4, 0.5) is 39.5 Å². The Labute approximate surface area is 172 Å². The van der Waals surface area contributed by atoms with E-state index < -0.39 is 23.6 Å². The molecule has 31 heavy (non-hydrogen) atoms. The first-order chi connectivity index (χ1) is 14.7. The van der Waals surface area contributed by atoms with E-state index in [9.17, 15) is 22.4 Å². The van der Waals surface area contributed by atoms with Gasteiger partial charge in [-0.25, -0.2) is 9.18 Å². The van der Waals surface area contributed by atoms with Gasteiger partial charge in [-0.2, -0.15) is 13.2 Å². The van der Waals surface area contributed by atoms with Crippen molar-refractivity contribution >= 4 is 34.2 Å². The van der Waals surface area contributed by atoms with Gasteiger partial charge in [0.2, 0.25) is 0 Å². The maximum absolute atomic E-state index is 13.6. The van der Waals surface area contributed by atoms with Crippen LogP contribution in [0.2, 0.25) is 0 Å². The minimum absolute atomic E-state index is 0.196. The number of fused-ring (bicyclic) bond motifs is 1. The third-order valence-electron chi connectivity index (χ3n) is 4.70. The summed E-state index contributed by atoms with van der Waals surface area (Å²) in [6, 6.07) is 12.7. The Morgan fingerprint density at radius 3 is 2.32 bits per heavy atom. The number of aromatic nitrogens is 1. The van der Waals surface area contributed by atoms with Crippen molar-refractivity contribution in [1.29, 1.82) is 0 Å². The highest BCUT2D eigenvalue weighted by Crippen LogP contribution is 2.37. The molecule has 0 aliphatic carbocycles. The van der Waals surface area contributed by atoms with E-state index in [4.69, 9.17) is 16.0 Å². The van der Waals surface area contributed by atoms with Crippen LogP contribution >= 0.6 is 0 Å². The summed E-state index contributed by atoms with van der Waals surface area (Å²) in [4.78, 5) is 12.9. The monoisotopic (exact) mass is 430 g/mol. The van der Waals surface area contributed by atoms with Crippen LogP contribution in [0.25, 0.3) is 22.1 Å². The molecule has 2 amide bonds. The molecule has 0 saturated heterocycles. The Balaban J connectivity index is 1.76. The number of carbonyl (C=O) groups excluding carboxylic acids is 1. The second-order valence-electron chi connectivity index (χ2n) is 6.63. The molecule has 0 unspecified atom stereocenters. The molecular formula is C21H14F4N4O2. The molecule has 3 aromatic carbocycles. The fourth-order valence-corrected chi connectivity index (χ4v) is 3.32. The summed E-state index contributed by atoms with van der Waals surface area (Å²) >= 11 is 0. The third-order valence-corrected chi connectivity index (χ3v) is 4.70. The predicted molar refractivity (Wildman–Crippen MR) is 107 cm³/mol. The summed E-state index contributed by atoms with van der Waals surface area (Å²) in [5.74, 6) is -1.24. The second-order valence-corrected chi connectivity index (χ2v) is 6.63. The molecule has 4 N–H and O–H groups in total. The third kappa shape index (κ3) is 3.63. The number of hydrogen-bond acceptors (Lipinski definition) is 4. The van der Waals surface area contributed by atoms with Crippen molar-refractivity contribution in [3.05, 3.63) is 72.0 Å². The smallest absolute Gasteiger partial charge is 0.380 e. The van der Waals surface area contributed by atoms with E-state index in [1.807, 2.05) is 0 Å². The van der Waals surface area contributed by atoms with Crippen LogP contribution < -0.4 is 16.4 Å². The van der Waals surface area contributed by atoms with Gasteiger partial charge in [0.05, 0.1) is 22.3 Å². The van der Waals surface area contributed by atoms with Gasteiger partial charge in [0.1, 0.15) is 5.82 Å². The van der Waals surface area contributed by atoms with Crippen molar-refractivity contribution in [2.75, 3.05) is 10.6 Å². The molecule has 1 aromatic heterocycles. The molecular weight excluding hydrogens is 416 g/mol. The molecule has 0 aliphatic heterocycles. The van der Waals surface area contributed by atoms with Gasteiger partial charge in [-0.1, -0.05) is 29.4 Å². The number of urea groups is 1. The molecule has 0 fully saturated rings. The predicted octanol–water partition coefficient (Wildman–Crippen LogP) is 5.45. The van der Waals surface area contributed by atoms with E-state index >= 15 is 0 Å². The second kappa shape index (κ2) is 7.31. The number of carbonyl (C=O) groups is 1. The fraction of sp³-hybridized carbons (Fsp3) is 0.0476. The first kappa shape index (κ1) is 20.2. The zero-order valence-electron chi connectivity index (χ0n) is 15.7. The van der Waals surface area contributed by atoms with Crippen molar-refractivity contribution in [1.82, 2.24) is 5.16 Å². The average Bonchev–Trinajstić information content (AvgIpc) is 3.10. The minimum Gasteiger partial charge on any atom is -0.380 e. The Morgan fingerprint density at radius 1 is 1.00 bits per heavy atom. The quantitative estimate of drug-likeness (QED) is 0.422. The maximum Gasteiger partial charge on any atom is 0.419 e. The fourth-order valence-electron chi connectivity index (χ4n) is 3.32. The molecule has 1 heterocycles. The van der Waals surface area contributed by atoms with E-state index in [-0.39, 0.29) is 17.2 Å². The lowest BCUT2D eigenvalue weighted by atomic mass is 10.0. The van der Waals surface area contributed by atoms with E-state index in [1.54, 1.807) is 30.3 Å². The van der Waals surface area contributed by atoms with Crippen LogP contribution in [0, 0.1) is 5.82 Å². The first-order valence-corrected chi connectivity index (χ1v) is 8.87. The number of anilines is 3. The first-order valence-electron chi connectivity index (χ1n) is 8.87. The molecule has 0 saturated carbocycles. The van der Waals surface area contributed by atoms with Gasteiger partial charge in [0, 0.05) is 0 Å². The number of nitrogens with two attached hydrogens (primary N) is 2. The summed E-state index contributed by atoms with van der Waals surface area (Å²) in [5, 5.41) is 4.34. The number of hydrogen-bond donors (Lipinski definition) is 2. The van der Waals surface area contributed by atoms with Crippen molar-refractivity contribution in [2.24, 2.45) is 5.73 Å². The Hall–Kier alpha value is -4.08. The molecule has 0 aliphatic rings. The Bertz CT molecular complexity index is 1280. The standard InChI is InChI=1S/C21H14F4N4O2/c22-16-9-8-13(10-15(16)21(23,24)25)29(20(27)30)12-6-4-11(5-7-12)14-2-1-3-17-18(14)19(26)28-31-17/h1-10H,(H2,26,28)(H2,27,30). The number of primary amides is 1. The number of halogens is 4. The van der Waals surface area contributed by atoms with Crippen LogP contribution in [0.15, 0.2) is 65.2 Å². The molecule has 0 radical (unpaired) electrons. The molecule has 10 heteroatoms.